The molecule has 7 heteroatoms. The van der Waals surface area contributed by atoms with Gasteiger partial charge in [0.15, 0.2) is 0 Å². The van der Waals surface area contributed by atoms with Gasteiger partial charge in [-0.1, -0.05) is 6.07 Å². The minimum absolute atomic E-state index is 0.0720. The normalized spacial score (nSPS) is 15.3. The first-order chi connectivity index (χ1) is 11.6. The molecule has 0 N–H and O–H groups in total. The SMILES string of the molecule is CN1CCN(C(=O)c2cccc(OCc3cscn3)c2)CCC1=O. The van der Waals surface area contributed by atoms with Crippen LogP contribution < -0.4 is 4.74 Å². The number of amides is 2. The number of ether oxygens (including phenoxy) is 1. The lowest BCUT2D eigenvalue weighted by molar-refractivity contribution is -0.129. The van der Waals surface area contributed by atoms with Crippen LogP contribution in [0.25, 0.3) is 0 Å². The fourth-order valence-corrected chi connectivity index (χ4v) is 3.04. The average Bonchev–Trinajstić information content (AvgIpc) is 3.07. The van der Waals surface area contributed by atoms with E-state index in [0.717, 1.165) is 5.69 Å². The van der Waals surface area contributed by atoms with Crippen molar-refractivity contribution in [2.24, 2.45) is 0 Å². The van der Waals surface area contributed by atoms with Crippen molar-refractivity contribution in [1.29, 1.82) is 0 Å². The van der Waals surface area contributed by atoms with Crippen LogP contribution in [0.2, 0.25) is 0 Å². The summed E-state index contributed by atoms with van der Waals surface area (Å²) in [5.41, 5.74) is 3.20. The molecule has 0 spiro atoms. The van der Waals surface area contributed by atoms with Gasteiger partial charge >= 0.3 is 0 Å². The fourth-order valence-electron chi connectivity index (χ4n) is 2.50. The number of carbonyl (C=O) groups excluding carboxylic acids is 2. The van der Waals surface area contributed by atoms with Crippen molar-refractivity contribution in [3.05, 3.63) is 46.4 Å². The second-order valence-electron chi connectivity index (χ2n) is 5.65. The fraction of sp³-hybridized carbons (Fsp3) is 0.353. The molecule has 3 rings (SSSR count). The van der Waals surface area contributed by atoms with Gasteiger partial charge in [-0.3, -0.25) is 9.59 Å². The highest BCUT2D eigenvalue weighted by molar-refractivity contribution is 7.07. The van der Waals surface area contributed by atoms with Crippen LogP contribution in [-0.4, -0.2) is 53.3 Å². The van der Waals surface area contributed by atoms with E-state index in [1.807, 2.05) is 11.4 Å². The summed E-state index contributed by atoms with van der Waals surface area (Å²) in [7, 11) is 1.77. The number of rotatable bonds is 4. The van der Waals surface area contributed by atoms with Gasteiger partial charge in [-0.2, -0.15) is 0 Å². The van der Waals surface area contributed by atoms with Gasteiger partial charge < -0.3 is 14.5 Å². The zero-order valence-corrected chi connectivity index (χ0v) is 14.3. The molecule has 2 heterocycles. The molecular formula is C17H19N3O3S. The van der Waals surface area contributed by atoms with Gasteiger partial charge in [0, 0.05) is 44.0 Å². The van der Waals surface area contributed by atoms with E-state index >= 15 is 0 Å². The Hall–Kier alpha value is -2.41. The first kappa shape index (κ1) is 16.4. The van der Waals surface area contributed by atoms with Crippen LogP contribution in [0.3, 0.4) is 0 Å². The molecule has 2 amide bonds. The minimum Gasteiger partial charge on any atom is -0.487 e. The molecule has 0 radical (unpaired) electrons. The van der Waals surface area contributed by atoms with Gasteiger partial charge in [0.05, 0.1) is 11.2 Å². The number of hydrogen-bond acceptors (Lipinski definition) is 5. The molecule has 1 aromatic carbocycles. The molecule has 2 aromatic rings. The maximum Gasteiger partial charge on any atom is 0.254 e. The number of hydrogen-bond donors (Lipinski definition) is 0. The first-order valence-corrected chi connectivity index (χ1v) is 8.71. The van der Waals surface area contributed by atoms with Crippen molar-refractivity contribution in [3.63, 3.8) is 0 Å². The molecule has 1 saturated heterocycles. The lowest BCUT2D eigenvalue weighted by Gasteiger charge is -2.20. The molecule has 1 fully saturated rings. The van der Waals surface area contributed by atoms with Crippen molar-refractivity contribution >= 4 is 23.2 Å². The van der Waals surface area contributed by atoms with Crippen LogP contribution in [-0.2, 0) is 11.4 Å². The minimum atomic E-state index is -0.0720. The summed E-state index contributed by atoms with van der Waals surface area (Å²) in [4.78, 5) is 32.0. The van der Waals surface area contributed by atoms with Crippen LogP contribution in [0.5, 0.6) is 5.75 Å². The first-order valence-electron chi connectivity index (χ1n) is 7.76. The largest absolute Gasteiger partial charge is 0.487 e. The lowest BCUT2D eigenvalue weighted by atomic mass is 10.2. The highest BCUT2D eigenvalue weighted by atomic mass is 32.1. The summed E-state index contributed by atoms with van der Waals surface area (Å²) in [6, 6.07) is 7.14. The van der Waals surface area contributed by atoms with Crippen LogP contribution in [0, 0.1) is 0 Å². The maximum atomic E-state index is 12.7. The molecule has 1 aliphatic rings. The third-order valence-corrected chi connectivity index (χ3v) is 4.60. The molecule has 0 atom stereocenters. The Kier molecular flexibility index (Phi) is 5.10. The van der Waals surface area contributed by atoms with Crippen molar-refractivity contribution < 1.29 is 14.3 Å². The average molecular weight is 345 g/mol. The monoisotopic (exact) mass is 345 g/mol. The number of thiazole rings is 1. The van der Waals surface area contributed by atoms with E-state index in [1.165, 1.54) is 11.3 Å². The highest BCUT2D eigenvalue weighted by Crippen LogP contribution is 2.17. The predicted molar refractivity (Wildman–Crippen MR) is 91.0 cm³/mol. The van der Waals surface area contributed by atoms with Gasteiger partial charge in [0.25, 0.3) is 5.91 Å². The summed E-state index contributed by atoms with van der Waals surface area (Å²) in [5.74, 6) is 0.639. The second-order valence-corrected chi connectivity index (χ2v) is 6.37. The van der Waals surface area contributed by atoms with Crippen LogP contribution >= 0.6 is 11.3 Å². The topological polar surface area (TPSA) is 62.7 Å². The smallest absolute Gasteiger partial charge is 0.254 e. The van der Waals surface area contributed by atoms with Gasteiger partial charge in [0.1, 0.15) is 12.4 Å². The van der Waals surface area contributed by atoms with E-state index in [9.17, 15) is 9.59 Å². The van der Waals surface area contributed by atoms with Crippen molar-refractivity contribution in [3.8, 4) is 5.75 Å². The van der Waals surface area contributed by atoms with Crippen molar-refractivity contribution in [2.45, 2.75) is 13.0 Å². The Morgan fingerprint density at radius 3 is 3.00 bits per heavy atom. The van der Waals surface area contributed by atoms with E-state index in [4.69, 9.17) is 4.74 Å². The van der Waals surface area contributed by atoms with E-state index < -0.39 is 0 Å². The van der Waals surface area contributed by atoms with Crippen LogP contribution in [0.15, 0.2) is 35.2 Å². The Morgan fingerprint density at radius 1 is 1.33 bits per heavy atom. The predicted octanol–water partition coefficient (Wildman–Crippen LogP) is 2.03. The number of nitrogens with zero attached hydrogens (tertiary/aromatic N) is 3. The molecule has 1 aliphatic heterocycles. The van der Waals surface area contributed by atoms with E-state index in [0.29, 0.717) is 44.0 Å². The second kappa shape index (κ2) is 7.44. The quantitative estimate of drug-likeness (QED) is 0.851. The molecule has 0 aliphatic carbocycles. The lowest BCUT2D eigenvalue weighted by Crippen LogP contribution is -2.34. The summed E-state index contributed by atoms with van der Waals surface area (Å²) in [6.45, 7) is 1.94. The molecule has 0 unspecified atom stereocenters. The Labute approximate surface area is 144 Å². The van der Waals surface area contributed by atoms with Crippen LogP contribution in [0.4, 0.5) is 0 Å². The highest BCUT2D eigenvalue weighted by Gasteiger charge is 2.22. The zero-order chi connectivity index (χ0) is 16.9. The van der Waals surface area contributed by atoms with Gasteiger partial charge in [-0.05, 0) is 18.2 Å². The third kappa shape index (κ3) is 3.91. The zero-order valence-electron chi connectivity index (χ0n) is 13.5. The summed E-state index contributed by atoms with van der Waals surface area (Å²) < 4.78 is 5.70. The Morgan fingerprint density at radius 2 is 2.21 bits per heavy atom. The summed E-state index contributed by atoms with van der Waals surface area (Å²) >= 11 is 1.52. The molecule has 0 bridgehead atoms. The molecule has 1 aromatic heterocycles. The van der Waals surface area contributed by atoms with Gasteiger partial charge in [-0.15, -0.1) is 11.3 Å². The van der Waals surface area contributed by atoms with Crippen molar-refractivity contribution in [2.75, 3.05) is 26.7 Å². The third-order valence-electron chi connectivity index (χ3n) is 3.97. The maximum absolute atomic E-state index is 12.7. The molecule has 24 heavy (non-hydrogen) atoms. The summed E-state index contributed by atoms with van der Waals surface area (Å²) in [6.07, 6.45) is 0.363. The Balaban J connectivity index is 1.66. The number of benzene rings is 1. The number of likely N-dealkylation sites (N-methyl/N-ethyl adjacent to an activating group) is 1. The van der Waals surface area contributed by atoms with Gasteiger partial charge in [0.2, 0.25) is 5.91 Å². The van der Waals surface area contributed by atoms with Crippen LogP contribution in [0.1, 0.15) is 22.5 Å². The molecule has 0 saturated carbocycles. The number of aromatic nitrogens is 1. The van der Waals surface area contributed by atoms with E-state index in [-0.39, 0.29) is 11.8 Å². The summed E-state index contributed by atoms with van der Waals surface area (Å²) in [5, 5.41) is 1.93. The van der Waals surface area contributed by atoms with Gasteiger partial charge in [-0.25, -0.2) is 4.98 Å². The molecule has 6 nitrogen and oxygen atoms in total. The molecule has 126 valence electrons. The van der Waals surface area contributed by atoms with E-state index in [1.54, 1.807) is 40.6 Å². The Bertz CT molecular complexity index is 718. The number of carbonyl (C=O) groups is 2. The van der Waals surface area contributed by atoms with Crippen molar-refractivity contribution in [1.82, 2.24) is 14.8 Å². The molecular weight excluding hydrogens is 326 g/mol. The van der Waals surface area contributed by atoms with E-state index in [2.05, 4.69) is 4.98 Å². The standard InChI is InChI=1S/C17H19N3O3S/c1-19-7-8-20(6-5-16(19)21)17(22)13-3-2-4-15(9-13)23-10-14-11-24-12-18-14/h2-4,9,11-12H,5-8,10H2,1H3.